The van der Waals surface area contributed by atoms with E-state index in [0.29, 0.717) is 6.54 Å². The van der Waals surface area contributed by atoms with Crippen LogP contribution in [0.5, 0.6) is 0 Å². The van der Waals surface area contributed by atoms with Crippen LogP contribution in [0, 0.1) is 0 Å². The second-order valence-electron chi connectivity index (χ2n) is 3.38. The van der Waals surface area contributed by atoms with Gasteiger partial charge in [-0.1, -0.05) is 28.1 Å². The van der Waals surface area contributed by atoms with Crippen molar-refractivity contribution in [3.05, 3.63) is 40.6 Å². The third-order valence-corrected chi connectivity index (χ3v) is 2.73. The normalized spacial score (nSPS) is 10.6. The van der Waals surface area contributed by atoms with Crippen LogP contribution < -0.4 is 5.73 Å². The molecule has 2 rings (SSSR count). The molecule has 0 saturated heterocycles. The molecule has 1 aromatic carbocycles. The molecule has 3 nitrogen and oxygen atoms in total. The van der Waals surface area contributed by atoms with Crippen molar-refractivity contribution in [3.63, 3.8) is 0 Å². The molecule has 0 bridgehead atoms. The number of nitrogens with zero attached hydrogens (tertiary/aromatic N) is 2. The molecule has 0 spiro atoms. The molecule has 0 radical (unpaired) electrons. The first-order valence-electron chi connectivity index (χ1n) is 4.69. The number of nitrogens with two attached hydrogens (primary N) is 1. The van der Waals surface area contributed by atoms with Gasteiger partial charge < -0.3 is 5.73 Å². The quantitative estimate of drug-likeness (QED) is 0.906. The van der Waals surface area contributed by atoms with Crippen LogP contribution in [-0.4, -0.2) is 9.78 Å². The van der Waals surface area contributed by atoms with Gasteiger partial charge in [0.2, 0.25) is 0 Å². The number of benzene rings is 1. The molecule has 1 aromatic heterocycles. The van der Waals surface area contributed by atoms with Gasteiger partial charge in [-0.05, 0) is 17.7 Å². The highest BCUT2D eigenvalue weighted by Crippen LogP contribution is 2.25. The summed E-state index contributed by atoms with van der Waals surface area (Å²) >= 11 is 3.45. The molecular formula is C11H12BrN3. The van der Waals surface area contributed by atoms with Gasteiger partial charge in [0.25, 0.3) is 0 Å². The maximum Gasteiger partial charge on any atom is 0.0838 e. The molecule has 78 valence electrons. The lowest BCUT2D eigenvalue weighted by atomic mass is 10.1. The number of halogens is 1. The van der Waals surface area contributed by atoms with Crippen LogP contribution >= 0.6 is 15.9 Å². The Labute approximate surface area is 97.0 Å². The van der Waals surface area contributed by atoms with Crippen LogP contribution in [0.15, 0.2) is 34.9 Å². The summed E-state index contributed by atoms with van der Waals surface area (Å²) in [6.07, 6.45) is 1.99. The van der Waals surface area contributed by atoms with Gasteiger partial charge in [0.1, 0.15) is 0 Å². The Balaban J connectivity index is 2.53. The Morgan fingerprint density at radius 3 is 2.93 bits per heavy atom. The maximum atomic E-state index is 5.65. The van der Waals surface area contributed by atoms with E-state index in [2.05, 4.69) is 33.2 Å². The van der Waals surface area contributed by atoms with Gasteiger partial charge in [-0.25, -0.2) is 0 Å². The van der Waals surface area contributed by atoms with E-state index < -0.39 is 0 Å². The van der Waals surface area contributed by atoms with Gasteiger partial charge in [0, 0.05) is 29.8 Å². The number of hydrogen-bond donors (Lipinski definition) is 1. The lowest BCUT2D eigenvalue weighted by Crippen LogP contribution is -1.99. The molecule has 1 heterocycles. The van der Waals surface area contributed by atoms with E-state index in [9.17, 15) is 0 Å². The van der Waals surface area contributed by atoms with E-state index in [1.807, 2.05) is 25.4 Å². The van der Waals surface area contributed by atoms with E-state index >= 15 is 0 Å². The summed E-state index contributed by atoms with van der Waals surface area (Å²) in [6.45, 7) is 0.461. The zero-order valence-corrected chi connectivity index (χ0v) is 10.0. The third-order valence-electron chi connectivity index (χ3n) is 2.23. The standard InChI is InChI=1S/C11H12BrN3/c1-15-7-10(11(6-13)14-15)8-3-2-4-9(12)5-8/h2-5,7H,6,13H2,1H3. The molecule has 2 aromatic rings. The number of aromatic nitrogens is 2. The van der Waals surface area contributed by atoms with Crippen LogP contribution in [0.2, 0.25) is 0 Å². The molecule has 0 aliphatic carbocycles. The monoisotopic (exact) mass is 265 g/mol. The zero-order chi connectivity index (χ0) is 10.8. The average Bonchev–Trinajstić information content (AvgIpc) is 2.59. The Morgan fingerprint density at radius 2 is 2.27 bits per heavy atom. The Hall–Kier alpha value is -1.13. The Kier molecular flexibility index (Phi) is 2.88. The zero-order valence-electron chi connectivity index (χ0n) is 8.44. The van der Waals surface area contributed by atoms with Crippen molar-refractivity contribution in [2.24, 2.45) is 12.8 Å². The summed E-state index contributed by atoms with van der Waals surface area (Å²) in [4.78, 5) is 0. The second kappa shape index (κ2) is 4.16. The van der Waals surface area contributed by atoms with E-state index in [0.717, 1.165) is 21.3 Å². The fourth-order valence-electron chi connectivity index (χ4n) is 1.58. The lowest BCUT2D eigenvalue weighted by molar-refractivity contribution is 0.742. The minimum absolute atomic E-state index is 0.461. The smallest absolute Gasteiger partial charge is 0.0838 e. The van der Waals surface area contributed by atoms with Crippen molar-refractivity contribution in [2.45, 2.75) is 6.54 Å². The predicted molar refractivity (Wildman–Crippen MR) is 64.2 cm³/mol. The van der Waals surface area contributed by atoms with E-state index in [1.54, 1.807) is 4.68 Å². The van der Waals surface area contributed by atoms with Crippen molar-refractivity contribution in [1.82, 2.24) is 9.78 Å². The SMILES string of the molecule is Cn1cc(-c2cccc(Br)c2)c(CN)n1. The van der Waals surface area contributed by atoms with Crippen molar-refractivity contribution in [2.75, 3.05) is 0 Å². The molecule has 0 saturated carbocycles. The molecule has 0 aliphatic rings. The highest BCUT2D eigenvalue weighted by Gasteiger charge is 2.08. The molecule has 0 amide bonds. The van der Waals surface area contributed by atoms with Crippen LogP contribution in [0.4, 0.5) is 0 Å². The van der Waals surface area contributed by atoms with E-state index in [1.165, 1.54) is 0 Å². The third kappa shape index (κ3) is 2.11. The molecule has 0 aliphatic heterocycles. The summed E-state index contributed by atoms with van der Waals surface area (Å²) in [5, 5.41) is 4.31. The molecule has 2 N–H and O–H groups in total. The van der Waals surface area contributed by atoms with Gasteiger partial charge in [0.15, 0.2) is 0 Å². The fraction of sp³-hybridized carbons (Fsp3) is 0.182. The van der Waals surface area contributed by atoms with Crippen molar-refractivity contribution in [1.29, 1.82) is 0 Å². The van der Waals surface area contributed by atoms with Gasteiger partial charge >= 0.3 is 0 Å². The minimum atomic E-state index is 0.461. The van der Waals surface area contributed by atoms with Crippen molar-refractivity contribution >= 4 is 15.9 Å². The van der Waals surface area contributed by atoms with Gasteiger partial charge in [-0.15, -0.1) is 0 Å². The van der Waals surface area contributed by atoms with Crippen molar-refractivity contribution < 1.29 is 0 Å². The molecule has 0 unspecified atom stereocenters. The van der Waals surface area contributed by atoms with Crippen LogP contribution in [0.1, 0.15) is 5.69 Å². The van der Waals surface area contributed by atoms with Crippen LogP contribution in [-0.2, 0) is 13.6 Å². The predicted octanol–water partition coefficient (Wildman–Crippen LogP) is 2.31. The number of aryl methyl sites for hydroxylation is 1. The molecule has 0 fully saturated rings. The summed E-state index contributed by atoms with van der Waals surface area (Å²) in [6, 6.07) is 8.13. The largest absolute Gasteiger partial charge is 0.325 e. The minimum Gasteiger partial charge on any atom is -0.325 e. The molecule has 0 atom stereocenters. The lowest BCUT2D eigenvalue weighted by Gasteiger charge is -2.00. The highest BCUT2D eigenvalue weighted by molar-refractivity contribution is 9.10. The highest BCUT2D eigenvalue weighted by atomic mass is 79.9. The first-order valence-corrected chi connectivity index (χ1v) is 5.48. The van der Waals surface area contributed by atoms with Gasteiger partial charge in [-0.3, -0.25) is 4.68 Å². The number of rotatable bonds is 2. The summed E-state index contributed by atoms with van der Waals surface area (Å²) < 4.78 is 2.85. The van der Waals surface area contributed by atoms with Crippen LogP contribution in [0.3, 0.4) is 0 Å². The first-order chi connectivity index (χ1) is 7.20. The molecule has 4 heteroatoms. The summed E-state index contributed by atoms with van der Waals surface area (Å²) in [5.74, 6) is 0. The van der Waals surface area contributed by atoms with Crippen molar-refractivity contribution in [3.8, 4) is 11.1 Å². The summed E-state index contributed by atoms with van der Waals surface area (Å²) in [7, 11) is 1.90. The van der Waals surface area contributed by atoms with Gasteiger partial charge in [0.05, 0.1) is 5.69 Å². The summed E-state index contributed by atoms with van der Waals surface area (Å²) in [5.41, 5.74) is 8.81. The number of hydrogen-bond acceptors (Lipinski definition) is 2. The molecule has 15 heavy (non-hydrogen) atoms. The maximum absolute atomic E-state index is 5.65. The fourth-order valence-corrected chi connectivity index (χ4v) is 1.98. The van der Waals surface area contributed by atoms with E-state index in [-0.39, 0.29) is 0 Å². The first kappa shape index (κ1) is 10.4. The second-order valence-corrected chi connectivity index (χ2v) is 4.29. The van der Waals surface area contributed by atoms with Crippen LogP contribution in [0.25, 0.3) is 11.1 Å². The topological polar surface area (TPSA) is 43.8 Å². The Bertz CT molecular complexity index is 476. The average molecular weight is 266 g/mol. The molecular weight excluding hydrogens is 254 g/mol. The van der Waals surface area contributed by atoms with E-state index in [4.69, 9.17) is 5.73 Å². The Morgan fingerprint density at radius 1 is 1.47 bits per heavy atom. The van der Waals surface area contributed by atoms with Gasteiger partial charge in [-0.2, -0.15) is 5.10 Å².